The molecule has 3 atom stereocenters. The van der Waals surface area contributed by atoms with Crippen LogP contribution in [0.3, 0.4) is 0 Å². The summed E-state index contributed by atoms with van der Waals surface area (Å²) in [4.78, 5) is 14.5. The molecule has 6 nitrogen and oxygen atoms in total. The molecule has 1 fully saturated rings. The van der Waals surface area contributed by atoms with Crippen LogP contribution in [0.2, 0.25) is 5.02 Å². The van der Waals surface area contributed by atoms with Crippen molar-refractivity contribution in [2.24, 2.45) is 0 Å². The first-order chi connectivity index (χ1) is 18.0. The molecule has 0 bridgehead atoms. The van der Waals surface area contributed by atoms with E-state index in [1.807, 2.05) is 42.5 Å². The minimum Gasteiger partial charge on any atom is -0.471 e. The number of fused-ring (bicyclic) bond motifs is 1. The van der Waals surface area contributed by atoms with Gasteiger partial charge in [-0.3, -0.25) is 0 Å². The SMILES string of the molecule is COC(=O)c1ccccc1N1CCCC1Oc1ccc2c(c1)C[C@@H](NC[C@@H](O)c1cccc(Cl)c1)CC2. The molecule has 5 rings (SSSR count). The fourth-order valence-corrected chi connectivity index (χ4v) is 5.59. The Labute approximate surface area is 223 Å². The number of ether oxygens (including phenoxy) is 2. The molecule has 2 aliphatic rings. The average Bonchev–Trinajstić information content (AvgIpc) is 3.38. The van der Waals surface area contributed by atoms with Gasteiger partial charge in [0.15, 0.2) is 6.23 Å². The molecule has 7 heteroatoms. The number of hydrogen-bond donors (Lipinski definition) is 2. The van der Waals surface area contributed by atoms with E-state index in [1.165, 1.54) is 18.2 Å². The van der Waals surface area contributed by atoms with Crippen molar-refractivity contribution in [1.82, 2.24) is 5.32 Å². The van der Waals surface area contributed by atoms with Gasteiger partial charge < -0.3 is 24.8 Å². The van der Waals surface area contributed by atoms with E-state index >= 15 is 0 Å². The fraction of sp³-hybridized carbons (Fsp3) is 0.367. The van der Waals surface area contributed by atoms with Gasteiger partial charge in [0.05, 0.1) is 24.5 Å². The number of rotatable bonds is 8. The predicted octanol–water partition coefficient (Wildman–Crippen LogP) is 5.31. The first kappa shape index (κ1) is 25.6. The highest BCUT2D eigenvalue weighted by atomic mass is 35.5. The maximum absolute atomic E-state index is 12.3. The summed E-state index contributed by atoms with van der Waals surface area (Å²) in [6, 6.07) is 21.6. The summed E-state index contributed by atoms with van der Waals surface area (Å²) < 4.78 is 11.5. The number of para-hydroxylation sites is 1. The lowest BCUT2D eigenvalue weighted by Crippen LogP contribution is -2.37. The highest BCUT2D eigenvalue weighted by molar-refractivity contribution is 6.30. The molecule has 0 saturated carbocycles. The topological polar surface area (TPSA) is 71.0 Å². The van der Waals surface area contributed by atoms with Crippen LogP contribution >= 0.6 is 11.6 Å². The summed E-state index contributed by atoms with van der Waals surface area (Å²) >= 11 is 6.07. The molecule has 3 aromatic rings. The summed E-state index contributed by atoms with van der Waals surface area (Å²) in [7, 11) is 1.41. The van der Waals surface area contributed by atoms with Crippen LogP contribution in [-0.4, -0.2) is 43.5 Å². The van der Waals surface area contributed by atoms with Crippen LogP contribution in [0, 0.1) is 0 Å². The molecule has 1 heterocycles. The van der Waals surface area contributed by atoms with Gasteiger partial charge in [0, 0.05) is 30.6 Å². The Balaban J connectivity index is 1.24. The van der Waals surface area contributed by atoms with Gasteiger partial charge in [0.1, 0.15) is 5.75 Å². The van der Waals surface area contributed by atoms with Gasteiger partial charge >= 0.3 is 5.97 Å². The highest BCUT2D eigenvalue weighted by Crippen LogP contribution is 2.32. The van der Waals surface area contributed by atoms with E-state index < -0.39 is 6.10 Å². The van der Waals surface area contributed by atoms with Crippen molar-refractivity contribution in [3.63, 3.8) is 0 Å². The van der Waals surface area contributed by atoms with Crippen LogP contribution in [0.5, 0.6) is 5.75 Å². The average molecular weight is 521 g/mol. The molecule has 1 aliphatic heterocycles. The molecule has 37 heavy (non-hydrogen) atoms. The van der Waals surface area contributed by atoms with Crippen LogP contribution in [0.1, 0.15) is 52.4 Å². The smallest absolute Gasteiger partial charge is 0.339 e. The van der Waals surface area contributed by atoms with E-state index in [1.54, 1.807) is 6.07 Å². The Morgan fingerprint density at radius 1 is 1.11 bits per heavy atom. The van der Waals surface area contributed by atoms with Crippen molar-refractivity contribution in [1.29, 1.82) is 0 Å². The van der Waals surface area contributed by atoms with Crippen LogP contribution in [0.25, 0.3) is 0 Å². The van der Waals surface area contributed by atoms with E-state index in [2.05, 4.69) is 28.4 Å². The monoisotopic (exact) mass is 520 g/mol. The maximum Gasteiger partial charge on any atom is 0.339 e. The number of nitrogens with one attached hydrogen (secondary N) is 1. The van der Waals surface area contributed by atoms with Crippen molar-refractivity contribution >= 4 is 23.3 Å². The number of nitrogens with zero attached hydrogens (tertiary/aromatic N) is 1. The Bertz CT molecular complexity index is 1250. The molecule has 0 amide bonds. The van der Waals surface area contributed by atoms with Crippen molar-refractivity contribution in [2.75, 3.05) is 25.1 Å². The van der Waals surface area contributed by atoms with Gasteiger partial charge in [0.25, 0.3) is 0 Å². The van der Waals surface area contributed by atoms with E-state index in [-0.39, 0.29) is 18.2 Å². The molecule has 0 aromatic heterocycles. The second kappa shape index (κ2) is 11.5. The Morgan fingerprint density at radius 2 is 1.97 bits per heavy atom. The molecular weight excluding hydrogens is 488 g/mol. The minimum atomic E-state index is -0.601. The lowest BCUT2D eigenvalue weighted by atomic mass is 9.88. The van der Waals surface area contributed by atoms with Crippen LogP contribution < -0.4 is 15.0 Å². The van der Waals surface area contributed by atoms with Gasteiger partial charge in [-0.2, -0.15) is 0 Å². The number of hydrogen-bond acceptors (Lipinski definition) is 6. The third-order valence-electron chi connectivity index (χ3n) is 7.33. The van der Waals surface area contributed by atoms with Crippen LogP contribution in [0.15, 0.2) is 66.7 Å². The van der Waals surface area contributed by atoms with Gasteiger partial charge in [0.2, 0.25) is 0 Å². The zero-order valence-electron chi connectivity index (χ0n) is 21.0. The second-order valence-electron chi connectivity index (χ2n) is 9.77. The third-order valence-corrected chi connectivity index (χ3v) is 7.56. The number of aryl methyl sites for hydroxylation is 1. The summed E-state index contributed by atoms with van der Waals surface area (Å²) in [6.07, 6.45) is 4.03. The molecule has 0 spiro atoms. The molecule has 3 aromatic carbocycles. The van der Waals surface area contributed by atoms with E-state index in [0.717, 1.165) is 55.6 Å². The summed E-state index contributed by atoms with van der Waals surface area (Å²) in [5.74, 6) is 0.500. The Kier molecular flexibility index (Phi) is 7.99. The molecule has 1 saturated heterocycles. The summed E-state index contributed by atoms with van der Waals surface area (Å²) in [5, 5.41) is 14.8. The number of esters is 1. The first-order valence-electron chi connectivity index (χ1n) is 12.9. The number of carbonyl (C=O) groups is 1. The fourth-order valence-electron chi connectivity index (χ4n) is 5.39. The Hall–Kier alpha value is -3.06. The van der Waals surface area contributed by atoms with Crippen LogP contribution in [-0.2, 0) is 17.6 Å². The minimum absolute atomic E-state index is 0.144. The second-order valence-corrected chi connectivity index (χ2v) is 10.2. The molecule has 194 valence electrons. The van der Waals surface area contributed by atoms with Crippen molar-refractivity contribution in [3.8, 4) is 5.75 Å². The van der Waals surface area contributed by atoms with Crippen molar-refractivity contribution in [2.45, 2.75) is 50.5 Å². The zero-order valence-corrected chi connectivity index (χ0v) is 21.8. The predicted molar refractivity (Wildman–Crippen MR) is 145 cm³/mol. The van der Waals surface area contributed by atoms with Crippen molar-refractivity contribution < 1.29 is 19.4 Å². The first-order valence-corrected chi connectivity index (χ1v) is 13.3. The quantitative estimate of drug-likeness (QED) is 0.392. The molecule has 1 unspecified atom stereocenters. The number of anilines is 1. The van der Waals surface area contributed by atoms with Gasteiger partial charge in [-0.05, 0) is 78.8 Å². The molecule has 2 N–H and O–H groups in total. The van der Waals surface area contributed by atoms with Gasteiger partial charge in [-0.1, -0.05) is 41.9 Å². The number of carbonyl (C=O) groups excluding carboxylic acids is 1. The van der Waals surface area contributed by atoms with E-state index in [9.17, 15) is 9.90 Å². The lowest BCUT2D eigenvalue weighted by Gasteiger charge is -2.30. The van der Waals surface area contributed by atoms with E-state index in [4.69, 9.17) is 21.1 Å². The Morgan fingerprint density at radius 3 is 2.81 bits per heavy atom. The van der Waals surface area contributed by atoms with Gasteiger partial charge in [-0.25, -0.2) is 4.79 Å². The number of benzene rings is 3. The zero-order chi connectivity index (χ0) is 25.8. The third kappa shape index (κ3) is 5.93. The number of aliphatic hydroxyl groups excluding tert-OH is 1. The van der Waals surface area contributed by atoms with Crippen molar-refractivity contribution in [3.05, 3.63) is 94.0 Å². The lowest BCUT2D eigenvalue weighted by molar-refractivity contribution is 0.0601. The largest absolute Gasteiger partial charge is 0.471 e. The summed E-state index contributed by atoms with van der Waals surface area (Å²) in [5.41, 5.74) is 4.84. The molecule has 1 aliphatic carbocycles. The van der Waals surface area contributed by atoms with E-state index in [0.29, 0.717) is 17.1 Å². The summed E-state index contributed by atoms with van der Waals surface area (Å²) in [6.45, 7) is 1.30. The number of aliphatic hydroxyl groups is 1. The van der Waals surface area contributed by atoms with Gasteiger partial charge in [-0.15, -0.1) is 0 Å². The standard InChI is InChI=1S/C30H33ClN2O4/c1-36-30(35)26-8-2-3-9-27(26)33-15-5-10-29(33)37-25-14-12-20-11-13-24(17-22(20)18-25)32-19-28(34)21-6-4-7-23(31)16-21/h2-4,6-9,12,14,16,18,24,28-29,32,34H,5,10-11,13,15,17,19H2,1H3/t24-,28+,29?/m0/s1. The number of halogens is 1. The highest BCUT2D eigenvalue weighted by Gasteiger charge is 2.30. The normalized spacial score (nSPS) is 19.8. The molecular formula is C30H33ClN2O4. The maximum atomic E-state index is 12.3. The number of methoxy groups -OCH3 is 1. The molecule has 0 radical (unpaired) electrons. The van der Waals surface area contributed by atoms with Crippen LogP contribution in [0.4, 0.5) is 5.69 Å².